The van der Waals surface area contributed by atoms with E-state index in [2.05, 4.69) is 25.7 Å². The van der Waals surface area contributed by atoms with Gasteiger partial charge in [-0.05, 0) is 26.6 Å². The molecule has 12 nitrogen and oxygen atoms in total. The number of nitrogens with one attached hydrogen (secondary N) is 2. The summed E-state index contributed by atoms with van der Waals surface area (Å²) >= 11 is 13.4. The first-order valence-electron chi connectivity index (χ1n) is 12.9. The maximum atomic E-state index is 12.5. The van der Waals surface area contributed by atoms with Gasteiger partial charge in [-0.3, -0.25) is 4.79 Å². The molecule has 3 aromatic heterocycles. The number of carbonyl (C=O) groups excluding carboxylic acids is 1. The van der Waals surface area contributed by atoms with Crippen molar-refractivity contribution < 1.29 is 19.0 Å². The van der Waals surface area contributed by atoms with Gasteiger partial charge in [-0.15, -0.1) is 0 Å². The number of rotatable bonds is 9. The summed E-state index contributed by atoms with van der Waals surface area (Å²) in [7, 11) is 6.91. The highest BCUT2D eigenvalue weighted by Gasteiger charge is 2.28. The predicted molar refractivity (Wildman–Crippen MR) is 157 cm³/mol. The maximum Gasteiger partial charge on any atom is 0.244 e. The minimum absolute atomic E-state index is 0.139. The largest absolute Gasteiger partial charge is 0.495 e. The number of hydrogen-bond donors (Lipinski definition) is 2. The first-order valence-corrected chi connectivity index (χ1v) is 13.6. The number of carbonyl (C=O) groups is 1. The molecule has 41 heavy (non-hydrogen) atoms. The average Bonchev–Trinajstić information content (AvgIpc) is 3.45. The van der Waals surface area contributed by atoms with Gasteiger partial charge in [0.15, 0.2) is 11.3 Å². The van der Waals surface area contributed by atoms with Crippen LogP contribution in [0.4, 0.5) is 5.95 Å². The molecule has 1 aliphatic rings. The lowest BCUT2D eigenvalue weighted by Gasteiger charge is -2.32. The molecule has 2 N–H and O–H groups in total. The van der Waals surface area contributed by atoms with Gasteiger partial charge in [-0.1, -0.05) is 29.3 Å². The van der Waals surface area contributed by atoms with Crippen LogP contribution in [0.5, 0.6) is 11.5 Å². The number of aromatic nitrogens is 5. The minimum Gasteiger partial charge on any atom is -0.495 e. The van der Waals surface area contributed by atoms with Crippen LogP contribution in [-0.2, 0) is 9.53 Å². The molecule has 4 heterocycles. The zero-order chi connectivity index (χ0) is 29.1. The molecule has 1 fully saturated rings. The lowest BCUT2D eigenvalue weighted by Crippen LogP contribution is -2.52. The van der Waals surface area contributed by atoms with E-state index in [0.717, 1.165) is 0 Å². The molecule has 216 valence electrons. The Kier molecular flexibility index (Phi) is 8.74. The number of fused-ring (bicyclic) bond motifs is 3. The molecule has 4 aromatic rings. The molecule has 0 saturated carbocycles. The van der Waals surface area contributed by atoms with E-state index in [1.54, 1.807) is 16.8 Å². The van der Waals surface area contributed by atoms with Crippen LogP contribution in [0.15, 0.2) is 36.8 Å². The first-order chi connectivity index (χ1) is 19.8. The summed E-state index contributed by atoms with van der Waals surface area (Å²) in [5.41, 5.74) is 2.12. The summed E-state index contributed by atoms with van der Waals surface area (Å²) in [5, 5.41) is 12.1. The van der Waals surface area contributed by atoms with Crippen LogP contribution in [-0.4, -0.2) is 95.5 Å². The number of pyridine rings is 1. The SMILES string of the molecule is COc1cc(OC)c(Cl)c(-c2cc3cnc(N[C@H]4CCOC[C@H]4NC(=O)/C=C/CN(C)C)nc3n3ncnc23)c1Cl. The van der Waals surface area contributed by atoms with Gasteiger partial charge >= 0.3 is 0 Å². The van der Waals surface area contributed by atoms with Crippen LogP contribution in [0.1, 0.15) is 6.42 Å². The van der Waals surface area contributed by atoms with Crippen molar-refractivity contribution in [2.24, 2.45) is 0 Å². The monoisotopic (exact) mass is 600 g/mol. The number of likely N-dealkylation sites (N-methyl/N-ethyl adjacent to an activating group) is 1. The van der Waals surface area contributed by atoms with Crippen molar-refractivity contribution in [3.63, 3.8) is 0 Å². The van der Waals surface area contributed by atoms with E-state index in [1.165, 1.54) is 26.6 Å². The van der Waals surface area contributed by atoms with Crippen LogP contribution in [0, 0.1) is 0 Å². The highest BCUT2D eigenvalue weighted by Crippen LogP contribution is 2.47. The smallest absolute Gasteiger partial charge is 0.244 e. The van der Waals surface area contributed by atoms with Crippen molar-refractivity contribution in [1.29, 1.82) is 0 Å². The Labute approximate surface area is 246 Å². The van der Waals surface area contributed by atoms with Crippen molar-refractivity contribution in [3.8, 4) is 22.6 Å². The Morgan fingerprint density at radius 2 is 1.90 bits per heavy atom. The van der Waals surface area contributed by atoms with E-state index in [4.69, 9.17) is 42.4 Å². The Morgan fingerprint density at radius 3 is 2.61 bits per heavy atom. The number of halogens is 2. The molecular weight excluding hydrogens is 571 g/mol. The zero-order valence-electron chi connectivity index (χ0n) is 23.0. The van der Waals surface area contributed by atoms with E-state index in [-0.39, 0.29) is 18.0 Å². The molecule has 5 rings (SSSR count). The molecule has 1 amide bonds. The fourth-order valence-electron chi connectivity index (χ4n) is 4.65. The van der Waals surface area contributed by atoms with E-state index >= 15 is 0 Å². The van der Waals surface area contributed by atoms with Crippen molar-refractivity contribution in [2.45, 2.75) is 18.5 Å². The van der Waals surface area contributed by atoms with Crippen LogP contribution >= 0.6 is 23.2 Å². The number of amides is 1. The lowest BCUT2D eigenvalue weighted by molar-refractivity contribution is -0.118. The van der Waals surface area contributed by atoms with Gasteiger partial charge in [0.05, 0.1) is 43.0 Å². The van der Waals surface area contributed by atoms with E-state index in [1.807, 2.05) is 31.1 Å². The average molecular weight is 601 g/mol. The summed E-state index contributed by atoms with van der Waals surface area (Å²) in [6, 6.07) is 3.08. The molecule has 1 aromatic carbocycles. The molecule has 0 bridgehead atoms. The minimum atomic E-state index is -0.263. The van der Waals surface area contributed by atoms with Gasteiger partial charge in [0.25, 0.3) is 0 Å². The summed E-state index contributed by atoms with van der Waals surface area (Å²) in [5.74, 6) is 1.01. The number of anilines is 1. The third kappa shape index (κ3) is 6.01. The van der Waals surface area contributed by atoms with Gasteiger partial charge in [-0.2, -0.15) is 14.6 Å². The van der Waals surface area contributed by atoms with Gasteiger partial charge < -0.3 is 29.7 Å². The third-order valence-electron chi connectivity index (χ3n) is 6.67. The molecule has 1 aliphatic heterocycles. The van der Waals surface area contributed by atoms with E-state index in [0.29, 0.717) is 81.5 Å². The summed E-state index contributed by atoms with van der Waals surface area (Å²) in [6.45, 7) is 1.60. The molecule has 1 saturated heterocycles. The molecule has 0 unspecified atom stereocenters. The van der Waals surface area contributed by atoms with Crippen molar-refractivity contribution in [2.75, 3.05) is 53.4 Å². The molecule has 2 atom stereocenters. The van der Waals surface area contributed by atoms with Crippen LogP contribution in [0.3, 0.4) is 0 Å². The summed E-state index contributed by atoms with van der Waals surface area (Å²) in [6.07, 6.45) is 7.13. The van der Waals surface area contributed by atoms with Crippen molar-refractivity contribution >= 4 is 51.7 Å². The summed E-state index contributed by atoms with van der Waals surface area (Å²) in [4.78, 5) is 28.2. The highest BCUT2D eigenvalue weighted by atomic mass is 35.5. The number of benzene rings is 1. The van der Waals surface area contributed by atoms with Gasteiger partial charge in [0.2, 0.25) is 11.9 Å². The highest BCUT2D eigenvalue weighted by molar-refractivity contribution is 6.41. The summed E-state index contributed by atoms with van der Waals surface area (Å²) < 4.78 is 18.1. The fourth-order valence-corrected chi connectivity index (χ4v) is 5.35. The van der Waals surface area contributed by atoms with Crippen LogP contribution in [0.25, 0.3) is 27.8 Å². The first kappa shape index (κ1) is 28.8. The molecule has 0 aliphatic carbocycles. The van der Waals surface area contributed by atoms with E-state index in [9.17, 15) is 4.79 Å². The van der Waals surface area contributed by atoms with Gasteiger partial charge in [0, 0.05) is 48.0 Å². The van der Waals surface area contributed by atoms with Gasteiger partial charge in [-0.25, -0.2) is 9.97 Å². The van der Waals surface area contributed by atoms with Crippen molar-refractivity contribution in [3.05, 3.63) is 46.9 Å². The van der Waals surface area contributed by atoms with Crippen LogP contribution < -0.4 is 20.1 Å². The topological polar surface area (TPSA) is 128 Å². The third-order valence-corrected chi connectivity index (χ3v) is 7.42. The Hall–Kier alpha value is -3.71. The second kappa shape index (κ2) is 12.4. The second-order valence-corrected chi connectivity index (χ2v) is 10.5. The standard InChI is InChI=1S/C27H30Cl2N8O4/c1-36(2)8-5-6-21(38)33-18-13-41-9-7-17(18)34-27-30-12-15-10-16(26-31-14-32-37(26)25(15)35-27)22-23(28)19(39-3)11-20(40-4)24(22)29/h5-6,10-12,14,17-18H,7-9,13H2,1-4H3,(H,33,38)(H,30,34,35)/b6-5+/t17-,18+/m0/s1. The Balaban J connectivity index is 1.47. The van der Waals surface area contributed by atoms with Crippen molar-refractivity contribution in [1.82, 2.24) is 34.8 Å². The van der Waals surface area contributed by atoms with E-state index < -0.39 is 0 Å². The molecule has 0 spiro atoms. The Bertz CT molecular complexity index is 1580. The number of hydrogen-bond acceptors (Lipinski definition) is 10. The quantitative estimate of drug-likeness (QED) is 0.275. The zero-order valence-corrected chi connectivity index (χ0v) is 24.5. The van der Waals surface area contributed by atoms with Gasteiger partial charge in [0.1, 0.15) is 17.8 Å². The molecule has 0 radical (unpaired) electrons. The second-order valence-electron chi connectivity index (χ2n) is 9.70. The Morgan fingerprint density at radius 1 is 1.15 bits per heavy atom. The number of ether oxygens (including phenoxy) is 3. The number of nitrogens with zero attached hydrogens (tertiary/aromatic N) is 6. The maximum absolute atomic E-state index is 12.5. The lowest BCUT2D eigenvalue weighted by atomic mass is 10.0. The number of methoxy groups -OCH3 is 2. The molecular formula is C27H30Cl2N8O4. The fraction of sp³-hybridized carbons (Fsp3) is 0.370. The normalized spacial score (nSPS) is 17.4. The molecule has 14 heteroatoms. The van der Waals surface area contributed by atoms with Crippen LogP contribution in [0.2, 0.25) is 10.0 Å². The predicted octanol–water partition coefficient (Wildman–Crippen LogP) is 3.47.